The van der Waals surface area contributed by atoms with E-state index < -0.39 is 119 Å². The third-order valence-electron chi connectivity index (χ3n) is 14.9. The molecule has 1 amide bonds. The van der Waals surface area contributed by atoms with E-state index in [1.807, 2.05) is 0 Å². The number of carbonyl (C=O) groups excluding carboxylic acids is 7. The highest BCUT2D eigenvalue weighted by molar-refractivity contribution is 5.96. The molecule has 8 rings (SSSR count). The molecule has 0 radical (unpaired) electrons. The van der Waals surface area contributed by atoms with Gasteiger partial charge < -0.3 is 48.7 Å². The fourth-order valence-electron chi connectivity index (χ4n) is 11.2. The summed E-state index contributed by atoms with van der Waals surface area (Å²) in [5.74, 6) is -7.20. The SMILES string of the molecule is CC(=O)O[C@H]1C(=O)[C@]2(C)[C@@H](OC(=O)OCc3ccccc3)C[C@H]3OC[C@@]3(OC(C)=O)[C@H]2[C@H](OC(=O)c2ccccc2)[C@]2(O)C[C@H](OC(=O)[C@H](O)[C@@H](NC(=O)c3ccccc3)c3ccccc3)C(C)=C1C2(C)C. The molecule has 4 aromatic rings. The molecule has 0 aromatic heterocycles. The van der Waals surface area contributed by atoms with E-state index in [1.54, 1.807) is 123 Å². The third kappa shape index (κ3) is 9.27. The number of hydrogen-bond acceptors (Lipinski definition) is 16. The Morgan fingerprint density at radius 3 is 1.92 bits per heavy atom. The molecule has 0 unspecified atom stereocenters. The van der Waals surface area contributed by atoms with Crippen molar-refractivity contribution in [1.82, 2.24) is 5.32 Å². The van der Waals surface area contributed by atoms with Gasteiger partial charge in [0, 0.05) is 37.7 Å². The van der Waals surface area contributed by atoms with Gasteiger partial charge in [-0.25, -0.2) is 14.4 Å². The second kappa shape index (κ2) is 20.1. The summed E-state index contributed by atoms with van der Waals surface area (Å²) in [6.45, 7) is 7.61. The highest BCUT2D eigenvalue weighted by Gasteiger charge is 2.79. The van der Waals surface area contributed by atoms with Crippen LogP contribution in [0.5, 0.6) is 0 Å². The van der Waals surface area contributed by atoms with E-state index in [4.69, 9.17) is 33.2 Å². The monoisotopic (exact) mass is 987 g/mol. The summed E-state index contributed by atoms with van der Waals surface area (Å²) in [4.78, 5) is 99.4. The summed E-state index contributed by atoms with van der Waals surface area (Å²) in [7, 11) is 0. The number of rotatable bonds is 13. The predicted octanol–water partition coefficient (Wildman–Crippen LogP) is 6.10. The van der Waals surface area contributed by atoms with Gasteiger partial charge in [0.25, 0.3) is 5.91 Å². The van der Waals surface area contributed by atoms with Gasteiger partial charge in [0.15, 0.2) is 23.6 Å². The third-order valence-corrected chi connectivity index (χ3v) is 14.9. The van der Waals surface area contributed by atoms with Crippen molar-refractivity contribution in [3.05, 3.63) is 155 Å². The number of esters is 4. The number of carbonyl (C=O) groups is 7. The number of aliphatic hydroxyl groups excluding tert-OH is 1. The highest BCUT2D eigenvalue weighted by Crippen LogP contribution is 2.65. The van der Waals surface area contributed by atoms with Crippen LogP contribution in [0.25, 0.3) is 0 Å². The minimum atomic E-state index is -2.49. The van der Waals surface area contributed by atoms with Crippen LogP contribution in [-0.4, -0.2) is 106 Å². The first kappa shape index (κ1) is 51.2. The number of aliphatic hydroxyl groups is 2. The topological polar surface area (TPSA) is 237 Å². The molecule has 4 aliphatic rings. The van der Waals surface area contributed by atoms with Crippen LogP contribution in [0.1, 0.15) is 92.3 Å². The number of benzene rings is 4. The highest BCUT2D eigenvalue weighted by atomic mass is 16.7. The van der Waals surface area contributed by atoms with Crippen molar-refractivity contribution in [2.75, 3.05) is 6.61 Å². The van der Waals surface area contributed by atoms with Crippen LogP contribution in [-0.2, 0) is 58.9 Å². The summed E-state index contributed by atoms with van der Waals surface area (Å²) in [5, 5.41) is 28.7. The Kier molecular flexibility index (Phi) is 14.3. The molecule has 1 saturated heterocycles. The van der Waals surface area contributed by atoms with Crippen molar-refractivity contribution < 1.29 is 76.9 Å². The Bertz CT molecular complexity index is 2750. The Morgan fingerprint density at radius 2 is 1.35 bits per heavy atom. The average molecular weight is 988 g/mol. The molecule has 1 aliphatic heterocycles. The van der Waals surface area contributed by atoms with Crippen molar-refractivity contribution in [2.24, 2.45) is 16.7 Å². The van der Waals surface area contributed by atoms with Crippen LogP contribution < -0.4 is 5.32 Å². The number of hydrogen-bond donors (Lipinski definition) is 3. The number of ether oxygens (including phenoxy) is 7. The Labute approximate surface area is 415 Å². The van der Waals surface area contributed by atoms with Gasteiger partial charge in [-0.05, 0) is 60.4 Å². The van der Waals surface area contributed by atoms with E-state index >= 15 is 4.79 Å². The van der Waals surface area contributed by atoms with Gasteiger partial charge in [-0.2, -0.15) is 0 Å². The maximum absolute atomic E-state index is 16.2. The summed E-state index contributed by atoms with van der Waals surface area (Å²) in [6, 6.07) is 31.5. The minimum absolute atomic E-state index is 0.0289. The zero-order chi connectivity index (χ0) is 51.8. The first-order chi connectivity index (χ1) is 34.2. The molecule has 17 nitrogen and oxygen atoms in total. The summed E-state index contributed by atoms with van der Waals surface area (Å²) in [5.41, 5.74) is -7.00. The maximum Gasteiger partial charge on any atom is 0.508 e. The fraction of sp³-hybridized carbons (Fsp3) is 0.400. The van der Waals surface area contributed by atoms with Crippen molar-refractivity contribution in [3.8, 4) is 0 Å². The smallest absolute Gasteiger partial charge is 0.456 e. The molecule has 3 fully saturated rings. The molecule has 3 aliphatic carbocycles. The van der Waals surface area contributed by atoms with Crippen molar-refractivity contribution in [3.63, 3.8) is 0 Å². The van der Waals surface area contributed by atoms with Crippen molar-refractivity contribution in [1.29, 1.82) is 0 Å². The largest absolute Gasteiger partial charge is 0.508 e. The van der Waals surface area contributed by atoms with E-state index in [9.17, 15) is 39.0 Å². The number of nitrogens with one attached hydrogen (secondary N) is 1. The van der Waals surface area contributed by atoms with E-state index in [0.29, 0.717) is 11.1 Å². The van der Waals surface area contributed by atoms with Crippen molar-refractivity contribution >= 4 is 41.7 Å². The molecule has 1 heterocycles. The first-order valence-electron chi connectivity index (χ1n) is 23.6. The number of Topliss-reactive ketones (excluding diaryl/α,β-unsaturated/α-hetero) is 1. The van der Waals surface area contributed by atoms with E-state index in [1.165, 1.54) is 26.0 Å². The zero-order valence-corrected chi connectivity index (χ0v) is 40.6. The molecule has 11 atom stereocenters. The second-order valence-corrected chi connectivity index (χ2v) is 19.5. The molecule has 2 bridgehead atoms. The van der Waals surface area contributed by atoms with Gasteiger partial charge in [-0.15, -0.1) is 0 Å². The molecule has 378 valence electrons. The summed E-state index contributed by atoms with van der Waals surface area (Å²) in [6.07, 6.45) is -12.3. The quantitative estimate of drug-likeness (QED) is 0.0780. The summed E-state index contributed by atoms with van der Waals surface area (Å²) < 4.78 is 42.6. The predicted molar refractivity (Wildman–Crippen MR) is 253 cm³/mol. The Hall–Kier alpha value is -7.21. The molecule has 3 N–H and O–H groups in total. The molecule has 17 heteroatoms. The second-order valence-electron chi connectivity index (χ2n) is 19.5. The molecular formula is C55H57NO16. The molecule has 4 aromatic carbocycles. The van der Waals surface area contributed by atoms with E-state index in [2.05, 4.69) is 5.32 Å². The van der Waals surface area contributed by atoms with Gasteiger partial charge in [-0.1, -0.05) is 111 Å². The van der Waals surface area contributed by atoms with E-state index in [0.717, 1.165) is 13.8 Å². The van der Waals surface area contributed by atoms with Gasteiger partial charge in [0.2, 0.25) is 0 Å². The van der Waals surface area contributed by atoms with E-state index in [-0.39, 0.29) is 41.9 Å². The van der Waals surface area contributed by atoms with Crippen LogP contribution >= 0.6 is 0 Å². The maximum atomic E-state index is 16.2. The number of fused-ring (bicyclic) bond motifs is 5. The van der Waals surface area contributed by atoms with Gasteiger partial charge in [0.1, 0.15) is 36.6 Å². The van der Waals surface area contributed by atoms with Crippen LogP contribution in [0.15, 0.2) is 132 Å². The minimum Gasteiger partial charge on any atom is -0.456 e. The van der Waals surface area contributed by atoms with Crippen LogP contribution in [0, 0.1) is 16.7 Å². The standard InChI is InChI=1S/C55H57NO16/c1-31-38(69-50(63)43(59)42(35-21-13-8-14-22-35)56-48(61)36-23-15-9-16-24-36)28-55(65)47(71-49(62)37-25-17-10-18-26-37)45-53(6,46(60)44(68-32(2)57)41(31)52(55,4)5)39(27-40-54(45,30-67-40)72-33(3)58)70-51(64)66-29-34-19-11-7-12-20-34/h7-26,38-40,42-45,47,59,65H,27-30H2,1-6H3,(H,56,61)/t38-,39-,40+,42-,43+,44+,45-,47-,53+,54-,55+/m0/s1. The molecule has 72 heavy (non-hydrogen) atoms. The lowest BCUT2D eigenvalue weighted by Gasteiger charge is -2.67. The lowest BCUT2D eigenvalue weighted by molar-refractivity contribution is -0.346. The molecule has 2 saturated carbocycles. The Balaban J connectivity index is 1.28. The van der Waals surface area contributed by atoms with Gasteiger partial charge in [-0.3, -0.25) is 19.2 Å². The average Bonchev–Trinajstić information content (AvgIpc) is 3.36. The van der Waals surface area contributed by atoms with Crippen LogP contribution in [0.4, 0.5) is 4.79 Å². The molecular weight excluding hydrogens is 931 g/mol. The summed E-state index contributed by atoms with van der Waals surface area (Å²) >= 11 is 0. The normalized spacial score (nSPS) is 28.9. The number of amides is 1. The zero-order valence-electron chi connectivity index (χ0n) is 40.6. The fourth-order valence-corrected chi connectivity index (χ4v) is 11.2. The van der Waals surface area contributed by atoms with Crippen LogP contribution in [0.2, 0.25) is 0 Å². The van der Waals surface area contributed by atoms with Gasteiger partial charge >= 0.3 is 30.0 Å². The van der Waals surface area contributed by atoms with Crippen LogP contribution in [0.3, 0.4) is 0 Å². The first-order valence-corrected chi connectivity index (χ1v) is 23.6. The number of ketones is 1. The Morgan fingerprint density at radius 1 is 0.764 bits per heavy atom. The lowest BCUT2D eigenvalue weighted by Crippen LogP contribution is -2.82. The van der Waals surface area contributed by atoms with Gasteiger partial charge in [0.05, 0.1) is 29.5 Å². The lowest BCUT2D eigenvalue weighted by atomic mass is 9.44. The van der Waals surface area contributed by atoms with Crippen molar-refractivity contribution in [2.45, 2.75) is 115 Å². The molecule has 0 spiro atoms.